The highest BCUT2D eigenvalue weighted by Crippen LogP contribution is 2.27. The number of carbonyl (C=O) groups excluding carboxylic acids is 3. The monoisotopic (exact) mass is 452 g/mol. The molecule has 1 aromatic rings. The Bertz CT molecular complexity index is 856. The molecule has 0 aromatic heterocycles. The van der Waals surface area contributed by atoms with Gasteiger partial charge in [-0.15, -0.1) is 0 Å². The summed E-state index contributed by atoms with van der Waals surface area (Å²) in [4.78, 5) is 41.4. The van der Waals surface area contributed by atoms with Crippen LogP contribution >= 0.6 is 0 Å². The fourth-order valence-electron chi connectivity index (χ4n) is 5.14. The largest absolute Gasteiger partial charge is 0.339 e. The number of carbonyl (C=O) groups is 3. The van der Waals surface area contributed by atoms with Crippen LogP contribution in [0.2, 0.25) is 0 Å². The summed E-state index contributed by atoms with van der Waals surface area (Å²) in [7, 11) is 0. The highest BCUT2D eigenvalue weighted by molar-refractivity contribution is 6.02. The second-order valence-electron chi connectivity index (χ2n) is 9.48. The third kappa shape index (κ3) is 6.42. The van der Waals surface area contributed by atoms with Gasteiger partial charge in [0, 0.05) is 51.9 Å². The summed E-state index contributed by atoms with van der Waals surface area (Å²) in [5.41, 5.74) is 1.95. The Morgan fingerprint density at radius 3 is 2.03 bits per heavy atom. The molecule has 7 nitrogen and oxygen atoms in total. The van der Waals surface area contributed by atoms with Crippen LogP contribution in [0.25, 0.3) is 0 Å². The van der Waals surface area contributed by atoms with Gasteiger partial charge in [0.1, 0.15) is 0 Å². The van der Waals surface area contributed by atoms with E-state index in [9.17, 15) is 14.4 Å². The van der Waals surface area contributed by atoms with Crippen LogP contribution in [0.15, 0.2) is 35.4 Å². The van der Waals surface area contributed by atoms with Crippen molar-refractivity contribution in [3.05, 3.63) is 35.9 Å². The lowest BCUT2D eigenvalue weighted by Gasteiger charge is -2.35. The number of piperazine rings is 1. The molecule has 0 spiro atoms. The number of amides is 3. The Balaban J connectivity index is 1.15. The predicted octanol–water partition coefficient (Wildman–Crippen LogP) is 3.43. The molecular weight excluding hydrogens is 416 g/mol. The fourth-order valence-corrected chi connectivity index (χ4v) is 5.14. The van der Waals surface area contributed by atoms with Crippen LogP contribution in [-0.4, -0.2) is 71.0 Å². The SMILES string of the molecule is O=C(CCC(=O)N1CCC(c2ccccc2)=N1)N1CCN(C(=O)CCC2CCCCC2)CC1. The van der Waals surface area contributed by atoms with Crippen molar-refractivity contribution >= 4 is 23.4 Å². The minimum atomic E-state index is -0.106. The zero-order valence-electron chi connectivity index (χ0n) is 19.6. The summed E-state index contributed by atoms with van der Waals surface area (Å²) in [6.45, 7) is 2.88. The van der Waals surface area contributed by atoms with Crippen LogP contribution in [0.3, 0.4) is 0 Å². The first-order valence-electron chi connectivity index (χ1n) is 12.6. The van der Waals surface area contributed by atoms with E-state index in [1.165, 1.54) is 37.1 Å². The molecule has 2 fully saturated rings. The lowest BCUT2D eigenvalue weighted by Crippen LogP contribution is -2.50. The van der Waals surface area contributed by atoms with Crippen LogP contribution in [0.1, 0.15) is 69.8 Å². The smallest absolute Gasteiger partial charge is 0.243 e. The molecule has 0 atom stereocenters. The van der Waals surface area contributed by atoms with Crippen LogP contribution in [0.5, 0.6) is 0 Å². The Hall–Kier alpha value is -2.70. The van der Waals surface area contributed by atoms with Gasteiger partial charge in [-0.2, -0.15) is 5.10 Å². The van der Waals surface area contributed by atoms with E-state index in [1.807, 2.05) is 35.2 Å². The van der Waals surface area contributed by atoms with Gasteiger partial charge in [0.15, 0.2) is 0 Å². The summed E-state index contributed by atoms with van der Waals surface area (Å²) in [6.07, 6.45) is 9.23. The number of hydrogen-bond acceptors (Lipinski definition) is 4. The fraction of sp³-hybridized carbons (Fsp3) is 0.615. The van der Waals surface area contributed by atoms with Gasteiger partial charge in [-0.3, -0.25) is 14.4 Å². The highest BCUT2D eigenvalue weighted by Gasteiger charge is 2.26. The second kappa shape index (κ2) is 11.4. The van der Waals surface area contributed by atoms with Crippen LogP contribution in [-0.2, 0) is 14.4 Å². The standard InChI is InChI=1S/C26H36N4O3/c31-24(12-11-21-7-3-1-4-8-21)28-17-19-29(20-18-28)25(32)13-14-26(33)30-16-15-23(27-30)22-9-5-2-6-10-22/h2,5-6,9-10,21H,1,3-4,7-8,11-20H2. The van der Waals surface area contributed by atoms with E-state index in [4.69, 9.17) is 0 Å². The van der Waals surface area contributed by atoms with Crippen LogP contribution in [0.4, 0.5) is 0 Å². The van der Waals surface area contributed by atoms with Crippen molar-refractivity contribution in [2.45, 2.75) is 64.2 Å². The summed E-state index contributed by atoms with van der Waals surface area (Å²) >= 11 is 0. The van der Waals surface area contributed by atoms with E-state index in [1.54, 1.807) is 4.90 Å². The van der Waals surface area contributed by atoms with Gasteiger partial charge in [0.05, 0.1) is 12.3 Å². The average molecular weight is 453 g/mol. The first-order chi connectivity index (χ1) is 16.1. The first kappa shape index (κ1) is 23.5. The van der Waals surface area contributed by atoms with Gasteiger partial charge in [0.2, 0.25) is 17.7 Å². The van der Waals surface area contributed by atoms with Gasteiger partial charge in [-0.1, -0.05) is 62.4 Å². The van der Waals surface area contributed by atoms with Gasteiger partial charge < -0.3 is 9.80 Å². The third-order valence-electron chi connectivity index (χ3n) is 7.23. The van der Waals surface area contributed by atoms with E-state index in [-0.39, 0.29) is 30.6 Å². The maximum Gasteiger partial charge on any atom is 0.243 e. The molecule has 2 aliphatic heterocycles. The molecule has 1 saturated carbocycles. The molecule has 33 heavy (non-hydrogen) atoms. The second-order valence-corrected chi connectivity index (χ2v) is 9.48. The molecule has 1 saturated heterocycles. The van der Waals surface area contributed by atoms with Crippen molar-refractivity contribution in [3.8, 4) is 0 Å². The van der Waals surface area contributed by atoms with Crippen molar-refractivity contribution in [2.75, 3.05) is 32.7 Å². The molecule has 7 heteroatoms. The van der Waals surface area contributed by atoms with E-state index < -0.39 is 0 Å². The molecule has 0 radical (unpaired) electrons. The quantitative estimate of drug-likeness (QED) is 0.636. The van der Waals surface area contributed by atoms with Gasteiger partial charge >= 0.3 is 0 Å². The van der Waals surface area contributed by atoms with Gasteiger partial charge in [0.25, 0.3) is 0 Å². The summed E-state index contributed by atoms with van der Waals surface area (Å²) in [5.74, 6) is 0.825. The molecule has 1 aliphatic carbocycles. The molecule has 4 rings (SSSR count). The van der Waals surface area contributed by atoms with Crippen molar-refractivity contribution in [1.82, 2.24) is 14.8 Å². The molecule has 3 amide bonds. The molecule has 0 bridgehead atoms. The number of benzene rings is 1. The zero-order chi connectivity index (χ0) is 23.0. The lowest BCUT2D eigenvalue weighted by atomic mass is 9.86. The Labute approximate surface area is 196 Å². The Kier molecular flexibility index (Phi) is 8.13. The Morgan fingerprint density at radius 1 is 0.758 bits per heavy atom. The number of rotatable bonds is 7. The minimum Gasteiger partial charge on any atom is -0.339 e. The highest BCUT2D eigenvalue weighted by atomic mass is 16.2. The van der Waals surface area contributed by atoms with Gasteiger partial charge in [-0.25, -0.2) is 5.01 Å². The van der Waals surface area contributed by atoms with E-state index >= 15 is 0 Å². The maximum atomic E-state index is 12.6. The molecule has 0 N–H and O–H groups in total. The summed E-state index contributed by atoms with van der Waals surface area (Å²) in [6, 6.07) is 9.88. The predicted molar refractivity (Wildman–Crippen MR) is 128 cm³/mol. The molecule has 2 heterocycles. The van der Waals surface area contributed by atoms with Crippen molar-refractivity contribution in [1.29, 1.82) is 0 Å². The number of nitrogens with zero attached hydrogens (tertiary/aromatic N) is 4. The van der Waals surface area contributed by atoms with Gasteiger partial charge in [-0.05, 0) is 17.9 Å². The third-order valence-corrected chi connectivity index (χ3v) is 7.23. The average Bonchev–Trinajstić information content (AvgIpc) is 3.37. The number of hydrazone groups is 1. The summed E-state index contributed by atoms with van der Waals surface area (Å²) < 4.78 is 0. The molecule has 1 aromatic carbocycles. The minimum absolute atomic E-state index is 0.0101. The number of hydrogen-bond donors (Lipinski definition) is 0. The molecular formula is C26H36N4O3. The van der Waals surface area contributed by atoms with Crippen LogP contribution in [0, 0.1) is 5.92 Å². The van der Waals surface area contributed by atoms with Crippen molar-refractivity contribution in [3.63, 3.8) is 0 Å². The van der Waals surface area contributed by atoms with Crippen LogP contribution < -0.4 is 0 Å². The van der Waals surface area contributed by atoms with Crippen molar-refractivity contribution in [2.24, 2.45) is 11.0 Å². The molecule has 0 unspecified atom stereocenters. The molecule has 178 valence electrons. The van der Waals surface area contributed by atoms with Crippen molar-refractivity contribution < 1.29 is 14.4 Å². The zero-order valence-corrected chi connectivity index (χ0v) is 19.6. The summed E-state index contributed by atoms with van der Waals surface area (Å²) in [5, 5.41) is 5.96. The molecule has 3 aliphatic rings. The first-order valence-corrected chi connectivity index (χ1v) is 12.6. The normalized spacial score (nSPS) is 19.5. The van der Waals surface area contributed by atoms with E-state index in [2.05, 4.69) is 5.10 Å². The van der Waals surface area contributed by atoms with E-state index in [0.717, 1.165) is 24.1 Å². The van der Waals surface area contributed by atoms with E-state index in [0.29, 0.717) is 45.1 Å². The topological polar surface area (TPSA) is 73.3 Å². The lowest BCUT2D eigenvalue weighted by molar-refractivity contribution is -0.141. The maximum absolute atomic E-state index is 12.6. The Morgan fingerprint density at radius 2 is 1.36 bits per heavy atom.